The third-order valence-corrected chi connectivity index (χ3v) is 3.76. The van der Waals surface area contributed by atoms with Crippen LogP contribution in [0.25, 0.3) is 38.1 Å². The molecule has 0 N–H and O–H groups in total. The number of para-hydroxylation sites is 3. The smallest absolute Gasteiger partial charge is 0.197 e. The topological polar surface area (TPSA) is 38.5 Å². The van der Waals surface area contributed by atoms with Crippen molar-refractivity contribution in [1.82, 2.24) is 4.40 Å². The van der Waals surface area contributed by atoms with Crippen molar-refractivity contribution in [2.45, 2.75) is 0 Å². The molecular weight excluding hydrogens is 286 g/mol. The van der Waals surface area contributed by atoms with Crippen LogP contribution in [0.4, 0.5) is 0 Å². The van der Waals surface area contributed by atoms with E-state index >= 15 is 0 Å². The summed E-state index contributed by atoms with van der Waals surface area (Å²) in [5.74, 6) is 0. The van der Waals surface area contributed by atoms with E-state index in [0.29, 0.717) is 0 Å². The number of rotatable bonds is 0. The minimum absolute atomic E-state index is 0.406. The second kappa shape index (κ2) is 4.17. The molecule has 0 spiro atoms. The Morgan fingerprint density at radius 3 is 1.57 bits per heavy atom. The Labute approximate surface area is 145 Å². The Kier molecular flexibility index (Phi) is 1.05. The molecule has 5 rings (SSSR count). The van der Waals surface area contributed by atoms with Gasteiger partial charge in [-0.2, -0.15) is 0 Å². The molecular formula is C20H11NO2. The number of nitrogens with zero attached hydrogens (tertiary/aromatic N) is 1. The maximum absolute atomic E-state index is 13.5. The Bertz CT molecular complexity index is 1780. The van der Waals surface area contributed by atoms with E-state index in [1.807, 2.05) is 0 Å². The first kappa shape index (κ1) is 5.78. The van der Waals surface area contributed by atoms with Gasteiger partial charge in [0.1, 0.15) is 0 Å². The van der Waals surface area contributed by atoms with Gasteiger partial charge in [-0.1, -0.05) is 30.2 Å². The van der Waals surface area contributed by atoms with E-state index in [9.17, 15) is 9.59 Å². The normalized spacial score (nSPS) is 18.5. The monoisotopic (exact) mass is 308 g/mol. The van der Waals surface area contributed by atoms with E-state index in [1.54, 1.807) is 0 Å². The van der Waals surface area contributed by atoms with Crippen molar-refractivity contribution >= 4 is 38.1 Å². The lowest BCUT2D eigenvalue weighted by atomic mass is 10.0. The van der Waals surface area contributed by atoms with Gasteiger partial charge in [0.25, 0.3) is 0 Å². The summed E-state index contributed by atoms with van der Waals surface area (Å²) in [7, 11) is 0. The molecule has 0 aliphatic rings. The Morgan fingerprint density at radius 2 is 1.04 bits per heavy atom. The van der Waals surface area contributed by atoms with E-state index in [2.05, 4.69) is 0 Å². The Morgan fingerprint density at radius 1 is 0.609 bits per heavy atom. The van der Waals surface area contributed by atoms with Crippen LogP contribution in [0.3, 0.4) is 0 Å². The van der Waals surface area contributed by atoms with Crippen LogP contribution in [0.5, 0.6) is 0 Å². The fraction of sp³-hybridized carbons (Fsp3) is 0. The number of hydrogen-bond acceptors (Lipinski definition) is 2. The number of hydrogen-bond donors (Lipinski definition) is 0. The third kappa shape index (κ3) is 1.44. The molecule has 0 unspecified atom stereocenters. The van der Waals surface area contributed by atoms with Crippen molar-refractivity contribution in [3.05, 3.63) is 86.9 Å². The summed E-state index contributed by atoms with van der Waals surface area (Å²) < 4.78 is 91.2. The van der Waals surface area contributed by atoms with Gasteiger partial charge in [0.15, 0.2) is 10.9 Å². The van der Waals surface area contributed by atoms with Crippen molar-refractivity contribution in [2.75, 3.05) is 0 Å². The molecule has 0 saturated carbocycles. The minimum atomic E-state index is -1.05. The molecule has 2 heterocycles. The van der Waals surface area contributed by atoms with Crippen LogP contribution < -0.4 is 10.9 Å². The Hall–Kier alpha value is -3.20. The molecule has 5 aromatic rings. The van der Waals surface area contributed by atoms with Gasteiger partial charge in [-0.25, -0.2) is 0 Å². The molecule has 108 valence electrons. The lowest BCUT2D eigenvalue weighted by Crippen LogP contribution is -2.13. The van der Waals surface area contributed by atoms with E-state index in [0.717, 1.165) is 4.40 Å². The molecule has 2 aromatic heterocycles. The van der Waals surface area contributed by atoms with E-state index in [-0.39, 0.29) is 0 Å². The van der Waals surface area contributed by atoms with Crippen LogP contribution in [0.1, 0.15) is 15.1 Å². The lowest BCUT2D eigenvalue weighted by Gasteiger charge is -2.13. The van der Waals surface area contributed by atoms with Gasteiger partial charge in [-0.3, -0.25) is 9.59 Å². The highest BCUT2D eigenvalue weighted by Crippen LogP contribution is 2.26. The van der Waals surface area contributed by atoms with Crippen LogP contribution >= 0.6 is 0 Å². The molecule has 0 amide bonds. The average molecular weight is 308 g/mol. The van der Waals surface area contributed by atoms with Crippen molar-refractivity contribution in [3.8, 4) is 0 Å². The van der Waals surface area contributed by atoms with Crippen LogP contribution in [0.2, 0.25) is 0 Å². The van der Waals surface area contributed by atoms with E-state index in [4.69, 9.17) is 15.1 Å². The van der Waals surface area contributed by atoms with Gasteiger partial charge in [-0.05, 0) is 36.3 Å². The van der Waals surface area contributed by atoms with Gasteiger partial charge in [0.2, 0.25) is 0 Å². The fourth-order valence-electron chi connectivity index (χ4n) is 2.81. The number of benzene rings is 3. The molecule has 0 atom stereocenters. The molecule has 3 aromatic carbocycles. The average Bonchev–Trinajstić information content (AvgIpc) is 2.80. The molecule has 0 radical (unpaired) electrons. The van der Waals surface area contributed by atoms with Crippen molar-refractivity contribution in [3.63, 3.8) is 0 Å². The van der Waals surface area contributed by atoms with Crippen LogP contribution in [0, 0.1) is 0 Å². The van der Waals surface area contributed by atoms with Crippen molar-refractivity contribution in [1.29, 1.82) is 0 Å². The first-order chi connectivity index (χ1) is 15.8. The van der Waals surface area contributed by atoms with Crippen molar-refractivity contribution in [2.24, 2.45) is 0 Å². The summed E-state index contributed by atoms with van der Waals surface area (Å²) >= 11 is 0. The van der Waals surface area contributed by atoms with Crippen LogP contribution in [0.15, 0.2) is 76.1 Å². The molecule has 0 aliphatic heterocycles. The predicted octanol–water partition coefficient (Wildman–Crippen LogP) is 3.56. The first-order valence-corrected chi connectivity index (χ1v) is 6.58. The molecule has 3 nitrogen and oxygen atoms in total. The highest BCUT2D eigenvalue weighted by Gasteiger charge is 2.15. The molecule has 0 bridgehead atoms. The highest BCUT2D eigenvalue weighted by atomic mass is 16.1. The van der Waals surface area contributed by atoms with Gasteiger partial charge in [-0.15, -0.1) is 0 Å². The summed E-state index contributed by atoms with van der Waals surface area (Å²) in [4.78, 5) is 26.9. The summed E-state index contributed by atoms with van der Waals surface area (Å²) in [6.07, 6.45) is 0. The largest absolute Gasteiger partial charge is 0.308 e. The Balaban J connectivity index is 2.46. The second-order valence-corrected chi connectivity index (χ2v) is 4.91. The number of fused-ring (bicyclic) bond motifs is 4. The maximum Gasteiger partial charge on any atom is 0.197 e. The van der Waals surface area contributed by atoms with E-state index < -0.39 is 115 Å². The molecule has 23 heavy (non-hydrogen) atoms. The van der Waals surface area contributed by atoms with Gasteiger partial charge < -0.3 is 4.40 Å². The van der Waals surface area contributed by atoms with Gasteiger partial charge >= 0.3 is 0 Å². The predicted molar refractivity (Wildman–Crippen MR) is 93.6 cm³/mol. The zero-order chi connectivity index (χ0) is 25.1. The third-order valence-electron chi connectivity index (χ3n) is 3.76. The van der Waals surface area contributed by atoms with E-state index in [1.165, 1.54) is 0 Å². The molecule has 3 heteroatoms. The van der Waals surface area contributed by atoms with Crippen LogP contribution in [-0.2, 0) is 0 Å². The second-order valence-electron chi connectivity index (χ2n) is 4.91. The SMILES string of the molecule is [2H]c1c([2H])c([2H])c2c(c1[2H])c(=O)c1c([2H])c([2H])c([2H])c3c(=O)c4c([2H])c([2H])c([2H])c([2H])c4n2c13. The van der Waals surface area contributed by atoms with Crippen LogP contribution in [-0.4, -0.2) is 4.40 Å². The fourth-order valence-corrected chi connectivity index (χ4v) is 2.81. The first-order valence-electron chi connectivity index (χ1n) is 12.1. The lowest BCUT2D eigenvalue weighted by molar-refractivity contribution is 1.31. The summed E-state index contributed by atoms with van der Waals surface area (Å²) in [6, 6.07) is -8.08. The summed E-state index contributed by atoms with van der Waals surface area (Å²) in [5, 5.41) is -2.24. The molecule has 0 aliphatic carbocycles. The zero-order valence-corrected chi connectivity index (χ0v) is 11.3. The molecule has 0 fully saturated rings. The molecule has 0 saturated heterocycles. The standard InChI is InChI=1S/C20H11NO2/c22-19-12-6-1-3-10-16(12)21-17-11-4-2-7-13(17)20(23)15-9-5-8-14(19)18(15)21/h1-11H/i1D,2D,3D,4D,5D,6D,7D,8D,9D,10D,11D. The summed E-state index contributed by atoms with van der Waals surface area (Å²) in [5.41, 5.74) is -3.42. The zero-order valence-electron chi connectivity index (χ0n) is 22.3. The van der Waals surface area contributed by atoms with Crippen molar-refractivity contribution < 1.29 is 15.1 Å². The number of pyridine rings is 2. The number of aromatic nitrogens is 1. The van der Waals surface area contributed by atoms with Gasteiger partial charge in [0, 0.05) is 21.5 Å². The maximum atomic E-state index is 13.5. The quantitative estimate of drug-likeness (QED) is 0.324. The highest BCUT2D eigenvalue weighted by molar-refractivity contribution is 6.07. The van der Waals surface area contributed by atoms with Gasteiger partial charge in [0.05, 0.1) is 31.6 Å². The summed E-state index contributed by atoms with van der Waals surface area (Å²) in [6.45, 7) is 0. The minimum Gasteiger partial charge on any atom is -0.308 e.